The predicted molar refractivity (Wildman–Crippen MR) is 109 cm³/mol. The number of halogens is 1. The molecule has 4 nitrogen and oxygen atoms in total. The summed E-state index contributed by atoms with van der Waals surface area (Å²) in [5.74, 6) is -0.191. The van der Waals surface area contributed by atoms with Gasteiger partial charge in [-0.25, -0.2) is 0 Å². The van der Waals surface area contributed by atoms with E-state index in [1.165, 1.54) is 6.08 Å². The summed E-state index contributed by atoms with van der Waals surface area (Å²) in [6.45, 7) is 0. The fourth-order valence-electron chi connectivity index (χ4n) is 2.19. The Labute approximate surface area is 160 Å². The number of hydrogen-bond donors (Lipinski definition) is 1. The van der Waals surface area contributed by atoms with Crippen LogP contribution in [0.5, 0.6) is 0 Å². The molecule has 0 aliphatic carbocycles. The average Bonchev–Trinajstić information content (AvgIpc) is 2.67. The number of benzene rings is 3. The highest BCUT2D eigenvalue weighted by atomic mass is 79.9. The van der Waals surface area contributed by atoms with Crippen LogP contribution in [-0.4, -0.2) is 5.91 Å². The Kier molecular flexibility index (Phi) is 6.06. The molecule has 0 heterocycles. The molecule has 3 aromatic rings. The fourth-order valence-corrected chi connectivity index (χ4v) is 2.60. The largest absolute Gasteiger partial charge is 0.323 e. The lowest BCUT2D eigenvalue weighted by atomic mass is 10.2. The number of carbonyl (C=O) groups is 1. The Morgan fingerprint density at radius 3 is 2.23 bits per heavy atom. The Morgan fingerprint density at radius 2 is 1.54 bits per heavy atom. The van der Waals surface area contributed by atoms with Gasteiger partial charge in [0, 0.05) is 16.2 Å². The van der Waals surface area contributed by atoms with Crippen molar-refractivity contribution in [3.63, 3.8) is 0 Å². The topological polar surface area (TPSA) is 53.8 Å². The van der Waals surface area contributed by atoms with Crippen molar-refractivity contribution in [3.8, 4) is 0 Å². The van der Waals surface area contributed by atoms with Crippen molar-refractivity contribution in [2.24, 2.45) is 10.2 Å². The first-order valence-electron chi connectivity index (χ1n) is 8.00. The van der Waals surface area contributed by atoms with Gasteiger partial charge < -0.3 is 5.32 Å². The zero-order valence-electron chi connectivity index (χ0n) is 13.8. The molecule has 0 spiro atoms. The average molecular weight is 406 g/mol. The number of hydrogen-bond acceptors (Lipinski definition) is 3. The molecule has 1 N–H and O–H groups in total. The molecule has 1 amide bonds. The summed E-state index contributed by atoms with van der Waals surface area (Å²) in [4.78, 5) is 12.0. The first-order chi connectivity index (χ1) is 12.7. The summed E-state index contributed by atoms with van der Waals surface area (Å²) in [6, 6.07) is 24.5. The van der Waals surface area contributed by atoms with Gasteiger partial charge in [-0.05, 0) is 60.2 Å². The van der Waals surface area contributed by atoms with Crippen LogP contribution >= 0.6 is 15.9 Å². The van der Waals surface area contributed by atoms with Crippen molar-refractivity contribution >= 4 is 45.0 Å². The van der Waals surface area contributed by atoms with Gasteiger partial charge >= 0.3 is 0 Å². The number of carbonyl (C=O) groups excluding carboxylic acids is 1. The second-order valence-electron chi connectivity index (χ2n) is 5.46. The minimum atomic E-state index is -0.191. The van der Waals surface area contributed by atoms with E-state index in [1.807, 2.05) is 54.6 Å². The molecule has 0 aliphatic rings. The van der Waals surface area contributed by atoms with E-state index in [-0.39, 0.29) is 5.91 Å². The Hall–Kier alpha value is -3.05. The summed E-state index contributed by atoms with van der Waals surface area (Å²) >= 11 is 3.41. The molecular weight excluding hydrogens is 390 g/mol. The molecule has 0 bridgehead atoms. The highest BCUT2D eigenvalue weighted by molar-refractivity contribution is 9.10. The van der Waals surface area contributed by atoms with E-state index in [2.05, 4.69) is 31.5 Å². The first-order valence-corrected chi connectivity index (χ1v) is 8.80. The van der Waals surface area contributed by atoms with Crippen LogP contribution in [0, 0.1) is 0 Å². The molecule has 0 aromatic heterocycles. The minimum absolute atomic E-state index is 0.191. The monoisotopic (exact) mass is 405 g/mol. The molecule has 0 aliphatic heterocycles. The normalized spacial score (nSPS) is 11.1. The van der Waals surface area contributed by atoms with Crippen LogP contribution in [0.2, 0.25) is 0 Å². The van der Waals surface area contributed by atoms with E-state index >= 15 is 0 Å². The van der Waals surface area contributed by atoms with E-state index in [1.54, 1.807) is 30.3 Å². The van der Waals surface area contributed by atoms with Gasteiger partial charge in [0.15, 0.2) is 0 Å². The number of rotatable bonds is 5. The number of nitrogens with zero attached hydrogens (tertiary/aromatic N) is 2. The third kappa shape index (κ3) is 5.50. The van der Waals surface area contributed by atoms with Crippen LogP contribution in [0.1, 0.15) is 5.56 Å². The molecule has 26 heavy (non-hydrogen) atoms. The number of amides is 1. The van der Waals surface area contributed by atoms with Gasteiger partial charge in [0.2, 0.25) is 5.91 Å². The Balaban J connectivity index is 1.58. The van der Waals surface area contributed by atoms with E-state index in [9.17, 15) is 4.79 Å². The molecule has 0 fully saturated rings. The second kappa shape index (κ2) is 8.87. The standard InChI is InChI=1S/C21H16BrN3O/c22-17-6-4-5-16(15-17)9-14-21(26)23-18-10-12-20(13-11-18)25-24-19-7-2-1-3-8-19/h1-15H,(H,23,26)/b14-9+,25-24?. The van der Waals surface area contributed by atoms with Gasteiger partial charge in [0.1, 0.15) is 0 Å². The molecule has 128 valence electrons. The van der Waals surface area contributed by atoms with Gasteiger partial charge in [-0.1, -0.05) is 46.3 Å². The van der Waals surface area contributed by atoms with Crippen LogP contribution in [0.3, 0.4) is 0 Å². The summed E-state index contributed by atoms with van der Waals surface area (Å²) in [5, 5.41) is 11.2. The molecule has 3 aromatic carbocycles. The lowest BCUT2D eigenvalue weighted by molar-refractivity contribution is -0.111. The van der Waals surface area contributed by atoms with E-state index in [4.69, 9.17) is 0 Å². The molecule has 0 radical (unpaired) electrons. The summed E-state index contributed by atoms with van der Waals surface area (Å²) in [5.41, 5.74) is 3.16. The summed E-state index contributed by atoms with van der Waals surface area (Å²) in [6.07, 6.45) is 3.27. The van der Waals surface area contributed by atoms with Gasteiger partial charge in [-0.3, -0.25) is 4.79 Å². The van der Waals surface area contributed by atoms with Crippen LogP contribution in [0.15, 0.2) is 99.6 Å². The number of azo groups is 1. The summed E-state index contributed by atoms with van der Waals surface area (Å²) in [7, 11) is 0. The van der Waals surface area contributed by atoms with Gasteiger partial charge in [-0.15, -0.1) is 0 Å². The lowest BCUT2D eigenvalue weighted by Gasteiger charge is -2.02. The van der Waals surface area contributed by atoms with Crippen LogP contribution in [-0.2, 0) is 4.79 Å². The highest BCUT2D eigenvalue weighted by Gasteiger charge is 1.99. The fraction of sp³-hybridized carbons (Fsp3) is 0. The van der Waals surface area contributed by atoms with Crippen molar-refractivity contribution in [2.75, 3.05) is 5.32 Å². The van der Waals surface area contributed by atoms with E-state index in [0.717, 1.165) is 21.4 Å². The predicted octanol–water partition coefficient (Wildman–Crippen LogP) is 6.52. The zero-order valence-corrected chi connectivity index (χ0v) is 15.4. The maximum atomic E-state index is 12.0. The van der Waals surface area contributed by atoms with Crippen LogP contribution < -0.4 is 5.32 Å². The number of anilines is 1. The third-order valence-corrected chi connectivity index (χ3v) is 3.94. The molecule has 0 saturated heterocycles. The third-order valence-electron chi connectivity index (χ3n) is 3.45. The van der Waals surface area contributed by atoms with E-state index < -0.39 is 0 Å². The van der Waals surface area contributed by atoms with Crippen LogP contribution in [0.25, 0.3) is 6.08 Å². The number of nitrogens with one attached hydrogen (secondary N) is 1. The van der Waals surface area contributed by atoms with Crippen molar-refractivity contribution in [3.05, 3.63) is 95.0 Å². The Morgan fingerprint density at radius 1 is 0.846 bits per heavy atom. The maximum absolute atomic E-state index is 12.0. The highest BCUT2D eigenvalue weighted by Crippen LogP contribution is 2.20. The van der Waals surface area contributed by atoms with Crippen molar-refractivity contribution in [1.29, 1.82) is 0 Å². The van der Waals surface area contributed by atoms with Crippen LogP contribution in [0.4, 0.5) is 17.1 Å². The smallest absolute Gasteiger partial charge is 0.248 e. The maximum Gasteiger partial charge on any atom is 0.248 e. The van der Waals surface area contributed by atoms with Crippen molar-refractivity contribution in [1.82, 2.24) is 0 Å². The van der Waals surface area contributed by atoms with Gasteiger partial charge in [0.25, 0.3) is 0 Å². The molecular formula is C21H16BrN3O. The van der Waals surface area contributed by atoms with E-state index in [0.29, 0.717) is 5.69 Å². The SMILES string of the molecule is O=C(/C=C/c1cccc(Br)c1)Nc1ccc(N=Nc2ccccc2)cc1. The van der Waals surface area contributed by atoms with Crippen molar-refractivity contribution < 1.29 is 4.79 Å². The molecule has 0 unspecified atom stereocenters. The molecule has 0 atom stereocenters. The molecule has 0 saturated carbocycles. The minimum Gasteiger partial charge on any atom is -0.323 e. The molecule has 5 heteroatoms. The first kappa shape index (κ1) is 17.8. The quantitative estimate of drug-likeness (QED) is 0.381. The second-order valence-corrected chi connectivity index (χ2v) is 6.38. The molecule has 3 rings (SSSR count). The lowest BCUT2D eigenvalue weighted by Crippen LogP contribution is -2.07. The Bertz CT molecular complexity index is 935. The summed E-state index contributed by atoms with van der Waals surface area (Å²) < 4.78 is 0.973. The zero-order chi connectivity index (χ0) is 18.2. The van der Waals surface area contributed by atoms with Gasteiger partial charge in [-0.2, -0.15) is 10.2 Å². The van der Waals surface area contributed by atoms with Gasteiger partial charge in [0.05, 0.1) is 11.4 Å². The van der Waals surface area contributed by atoms with Crippen molar-refractivity contribution in [2.45, 2.75) is 0 Å².